The Balaban J connectivity index is 1.95. The molecule has 1 aliphatic rings. The smallest absolute Gasteiger partial charge is 0.350 e. The molecular weight excluding hydrogens is 447 g/mol. The summed E-state index contributed by atoms with van der Waals surface area (Å²) in [6.07, 6.45) is 0. The Hall–Kier alpha value is -3.85. The Bertz CT molecular complexity index is 1310. The highest BCUT2D eigenvalue weighted by atomic mass is 32.1. The van der Waals surface area contributed by atoms with E-state index in [0.29, 0.717) is 11.3 Å². The average Bonchev–Trinajstić information content (AvgIpc) is 3.30. The van der Waals surface area contributed by atoms with Gasteiger partial charge in [-0.1, -0.05) is 59.4 Å². The number of Topliss-reactive ketones (excluding diaryl/α,β-unsaturated/α-hetero) is 1. The highest BCUT2D eigenvalue weighted by Gasteiger charge is 2.49. The number of rotatable bonds is 4. The van der Waals surface area contributed by atoms with Crippen LogP contribution >= 0.6 is 11.3 Å². The number of esters is 1. The SMILES string of the molecule is COC(=O)c1sc(N2C(=O)C(=O)/C(=C(/O)c3ccc(C)cc3)C2c2ccccc2F)nc1C. The van der Waals surface area contributed by atoms with Crippen LogP contribution in [0.4, 0.5) is 9.52 Å². The second kappa shape index (κ2) is 8.59. The van der Waals surface area contributed by atoms with Gasteiger partial charge in [0.15, 0.2) is 5.13 Å². The molecule has 0 spiro atoms. The molecule has 1 fully saturated rings. The van der Waals surface area contributed by atoms with Crippen molar-refractivity contribution in [2.45, 2.75) is 19.9 Å². The standard InChI is InChI=1S/C24H19FN2O5S/c1-12-8-10-14(11-9-12)19(28)17-18(15-6-4-5-7-16(15)25)27(22(30)20(17)29)24-26-13(2)21(33-24)23(31)32-3/h4-11,18,28H,1-3H3/b19-17+. The van der Waals surface area contributed by atoms with Crippen LogP contribution in [-0.2, 0) is 14.3 Å². The van der Waals surface area contributed by atoms with E-state index in [2.05, 4.69) is 4.98 Å². The first-order chi connectivity index (χ1) is 15.7. The molecule has 0 aliphatic carbocycles. The van der Waals surface area contributed by atoms with E-state index in [-0.39, 0.29) is 21.1 Å². The molecule has 1 aromatic heterocycles. The number of carbonyl (C=O) groups is 3. The fraction of sp³-hybridized carbons (Fsp3) is 0.167. The number of anilines is 1. The summed E-state index contributed by atoms with van der Waals surface area (Å²) < 4.78 is 19.6. The Morgan fingerprint density at radius 1 is 1.12 bits per heavy atom. The van der Waals surface area contributed by atoms with Gasteiger partial charge < -0.3 is 9.84 Å². The molecule has 33 heavy (non-hydrogen) atoms. The number of halogens is 1. The molecule has 1 amide bonds. The summed E-state index contributed by atoms with van der Waals surface area (Å²) in [4.78, 5) is 43.7. The Morgan fingerprint density at radius 2 is 1.79 bits per heavy atom. The van der Waals surface area contributed by atoms with Crippen molar-refractivity contribution >= 4 is 39.9 Å². The van der Waals surface area contributed by atoms with Crippen molar-refractivity contribution in [3.05, 3.63) is 87.2 Å². The number of aliphatic hydroxyl groups is 1. The van der Waals surface area contributed by atoms with Gasteiger partial charge in [-0.05, 0) is 19.9 Å². The summed E-state index contributed by atoms with van der Waals surface area (Å²) in [5.74, 6) is -3.69. The molecule has 1 unspecified atom stereocenters. The number of nitrogens with zero attached hydrogens (tertiary/aromatic N) is 2. The second-order valence-corrected chi connectivity index (χ2v) is 8.44. The molecule has 4 rings (SSSR count). The molecule has 7 nitrogen and oxygen atoms in total. The molecule has 2 heterocycles. The lowest BCUT2D eigenvalue weighted by molar-refractivity contribution is -0.132. The summed E-state index contributed by atoms with van der Waals surface area (Å²) in [5, 5.41) is 11.1. The van der Waals surface area contributed by atoms with Gasteiger partial charge in [0.1, 0.15) is 22.5 Å². The second-order valence-electron chi connectivity index (χ2n) is 7.46. The Morgan fingerprint density at radius 3 is 2.42 bits per heavy atom. The van der Waals surface area contributed by atoms with Gasteiger partial charge in [-0.25, -0.2) is 14.2 Å². The highest BCUT2D eigenvalue weighted by molar-refractivity contribution is 7.17. The normalized spacial score (nSPS) is 17.5. The maximum atomic E-state index is 14.9. The summed E-state index contributed by atoms with van der Waals surface area (Å²) in [7, 11) is 1.22. The van der Waals surface area contributed by atoms with E-state index in [1.165, 1.54) is 25.3 Å². The molecule has 9 heteroatoms. The third-order valence-corrected chi connectivity index (χ3v) is 6.47. The first-order valence-electron chi connectivity index (χ1n) is 9.92. The Kier molecular flexibility index (Phi) is 5.82. The van der Waals surface area contributed by atoms with E-state index in [4.69, 9.17) is 4.74 Å². The van der Waals surface area contributed by atoms with Gasteiger partial charge in [0, 0.05) is 11.1 Å². The molecule has 0 bridgehead atoms. The minimum absolute atomic E-state index is 0.0119. The third kappa shape index (κ3) is 3.80. The van der Waals surface area contributed by atoms with Gasteiger partial charge in [-0.2, -0.15) is 0 Å². The van der Waals surface area contributed by atoms with E-state index in [9.17, 15) is 23.9 Å². The highest BCUT2D eigenvalue weighted by Crippen LogP contribution is 2.44. The minimum atomic E-state index is -1.27. The quantitative estimate of drug-likeness (QED) is 0.266. The average molecular weight is 466 g/mol. The molecule has 0 radical (unpaired) electrons. The zero-order valence-corrected chi connectivity index (χ0v) is 18.8. The van der Waals surface area contributed by atoms with E-state index >= 15 is 0 Å². The van der Waals surface area contributed by atoms with Crippen LogP contribution in [0, 0.1) is 19.7 Å². The number of aromatic nitrogens is 1. The van der Waals surface area contributed by atoms with Crippen molar-refractivity contribution in [1.29, 1.82) is 0 Å². The topological polar surface area (TPSA) is 96.8 Å². The first-order valence-corrected chi connectivity index (χ1v) is 10.7. The number of thiazole rings is 1. The number of hydrogen-bond donors (Lipinski definition) is 1. The fourth-order valence-electron chi connectivity index (χ4n) is 3.66. The van der Waals surface area contributed by atoms with Crippen LogP contribution in [0.3, 0.4) is 0 Å². The van der Waals surface area contributed by atoms with E-state index in [1.807, 2.05) is 6.92 Å². The predicted octanol–water partition coefficient (Wildman–Crippen LogP) is 4.31. The van der Waals surface area contributed by atoms with Crippen LogP contribution in [0.15, 0.2) is 54.1 Å². The van der Waals surface area contributed by atoms with Crippen molar-refractivity contribution in [2.75, 3.05) is 12.0 Å². The molecule has 0 saturated carbocycles. The number of amides is 1. The third-order valence-electron chi connectivity index (χ3n) is 5.33. The first kappa shape index (κ1) is 22.3. The Labute approximate surface area is 192 Å². The molecule has 1 saturated heterocycles. The number of ketones is 1. The monoisotopic (exact) mass is 466 g/mol. The van der Waals surface area contributed by atoms with Crippen LogP contribution in [0.5, 0.6) is 0 Å². The molecule has 3 aromatic rings. The van der Waals surface area contributed by atoms with E-state index in [0.717, 1.165) is 21.8 Å². The maximum Gasteiger partial charge on any atom is 0.350 e. The van der Waals surface area contributed by atoms with Crippen LogP contribution in [0.25, 0.3) is 5.76 Å². The largest absolute Gasteiger partial charge is 0.507 e. The number of carbonyl (C=O) groups excluding carboxylic acids is 3. The lowest BCUT2D eigenvalue weighted by Crippen LogP contribution is -2.29. The van der Waals surface area contributed by atoms with Gasteiger partial charge in [-0.15, -0.1) is 0 Å². The van der Waals surface area contributed by atoms with Crippen LogP contribution in [-0.4, -0.2) is 34.9 Å². The van der Waals surface area contributed by atoms with Crippen molar-refractivity contribution in [3.63, 3.8) is 0 Å². The lowest BCUT2D eigenvalue weighted by atomic mass is 9.95. The van der Waals surface area contributed by atoms with Gasteiger partial charge in [0.05, 0.1) is 18.4 Å². The van der Waals surface area contributed by atoms with E-state index < -0.39 is 35.3 Å². The van der Waals surface area contributed by atoms with Crippen molar-refractivity contribution in [2.24, 2.45) is 0 Å². The fourth-order valence-corrected chi connectivity index (χ4v) is 4.67. The number of ether oxygens (including phenoxy) is 1. The summed E-state index contributed by atoms with van der Waals surface area (Å²) in [5.41, 5.74) is 1.30. The predicted molar refractivity (Wildman–Crippen MR) is 121 cm³/mol. The number of aliphatic hydroxyl groups excluding tert-OH is 1. The minimum Gasteiger partial charge on any atom is -0.507 e. The van der Waals surface area contributed by atoms with Crippen molar-refractivity contribution in [1.82, 2.24) is 4.98 Å². The van der Waals surface area contributed by atoms with Gasteiger partial charge in [-0.3, -0.25) is 14.5 Å². The van der Waals surface area contributed by atoms with E-state index in [1.54, 1.807) is 37.3 Å². The van der Waals surface area contributed by atoms with Gasteiger partial charge >= 0.3 is 11.9 Å². The molecule has 168 valence electrons. The van der Waals surface area contributed by atoms with Crippen LogP contribution in [0.2, 0.25) is 0 Å². The molecule has 1 aliphatic heterocycles. The number of benzene rings is 2. The van der Waals surface area contributed by atoms with Gasteiger partial charge in [0.25, 0.3) is 5.78 Å². The number of methoxy groups -OCH3 is 1. The number of hydrogen-bond acceptors (Lipinski definition) is 7. The van der Waals surface area contributed by atoms with Crippen LogP contribution < -0.4 is 4.90 Å². The lowest BCUT2D eigenvalue weighted by Gasteiger charge is -2.23. The number of aryl methyl sites for hydroxylation is 2. The van der Waals surface area contributed by atoms with Crippen molar-refractivity contribution < 1.29 is 28.6 Å². The zero-order valence-electron chi connectivity index (χ0n) is 18.0. The van der Waals surface area contributed by atoms with Crippen molar-refractivity contribution in [3.8, 4) is 0 Å². The van der Waals surface area contributed by atoms with Gasteiger partial charge in [0.2, 0.25) is 0 Å². The molecule has 1 N–H and O–H groups in total. The summed E-state index contributed by atoms with van der Waals surface area (Å²) in [6, 6.07) is 11.1. The molecule has 1 atom stereocenters. The summed E-state index contributed by atoms with van der Waals surface area (Å²) >= 11 is 0.852. The van der Waals surface area contributed by atoms with Crippen LogP contribution in [0.1, 0.15) is 38.1 Å². The molecule has 2 aromatic carbocycles. The summed E-state index contributed by atoms with van der Waals surface area (Å²) in [6.45, 7) is 3.43. The maximum absolute atomic E-state index is 14.9. The zero-order chi connectivity index (χ0) is 23.9. The molecular formula is C24H19FN2O5S.